The Morgan fingerprint density at radius 3 is 2.80 bits per heavy atom. The number of aromatic nitrogens is 2. The SMILES string of the molecule is CCNC(=NCCC(=O)N(C)C)N1CCC(C)C(n2ccnc2)C1.I. The summed E-state index contributed by atoms with van der Waals surface area (Å²) in [4.78, 5) is 24.5. The molecule has 1 saturated heterocycles. The first kappa shape index (κ1) is 21.7. The van der Waals surface area contributed by atoms with E-state index in [0.717, 1.165) is 32.0 Å². The van der Waals surface area contributed by atoms with Crippen LogP contribution in [0.15, 0.2) is 23.7 Å². The van der Waals surface area contributed by atoms with Gasteiger partial charge in [0.15, 0.2) is 5.96 Å². The van der Waals surface area contributed by atoms with Crippen LogP contribution < -0.4 is 5.32 Å². The van der Waals surface area contributed by atoms with E-state index in [1.165, 1.54) is 0 Å². The molecule has 2 heterocycles. The second kappa shape index (κ2) is 10.6. The Labute approximate surface area is 167 Å². The van der Waals surface area contributed by atoms with Crippen LogP contribution in [0.5, 0.6) is 0 Å². The average molecular weight is 462 g/mol. The van der Waals surface area contributed by atoms with Crippen molar-refractivity contribution < 1.29 is 4.79 Å². The van der Waals surface area contributed by atoms with Crippen molar-refractivity contribution in [2.24, 2.45) is 10.9 Å². The smallest absolute Gasteiger partial charge is 0.223 e. The van der Waals surface area contributed by atoms with E-state index in [1.807, 2.05) is 18.7 Å². The summed E-state index contributed by atoms with van der Waals surface area (Å²) in [6.45, 7) is 7.59. The molecule has 0 bridgehead atoms. The van der Waals surface area contributed by atoms with Crippen molar-refractivity contribution in [3.63, 3.8) is 0 Å². The number of carbonyl (C=O) groups is 1. The molecule has 1 aliphatic heterocycles. The summed E-state index contributed by atoms with van der Waals surface area (Å²) in [5, 5.41) is 3.36. The highest BCUT2D eigenvalue weighted by molar-refractivity contribution is 14.0. The minimum atomic E-state index is 0. The van der Waals surface area contributed by atoms with Gasteiger partial charge in [0, 0.05) is 52.5 Å². The molecule has 25 heavy (non-hydrogen) atoms. The number of nitrogens with zero attached hydrogens (tertiary/aromatic N) is 5. The van der Waals surface area contributed by atoms with Crippen molar-refractivity contribution in [1.29, 1.82) is 0 Å². The second-order valence-corrected chi connectivity index (χ2v) is 6.56. The highest BCUT2D eigenvalue weighted by Crippen LogP contribution is 2.27. The summed E-state index contributed by atoms with van der Waals surface area (Å²) in [5.74, 6) is 1.62. The van der Waals surface area contributed by atoms with Gasteiger partial charge in [-0.15, -0.1) is 24.0 Å². The zero-order valence-corrected chi connectivity index (χ0v) is 18.0. The third kappa shape index (κ3) is 6.16. The maximum atomic E-state index is 11.7. The van der Waals surface area contributed by atoms with Crippen molar-refractivity contribution in [3.8, 4) is 0 Å². The first-order valence-electron chi connectivity index (χ1n) is 8.73. The zero-order chi connectivity index (χ0) is 17.5. The van der Waals surface area contributed by atoms with Crippen molar-refractivity contribution in [1.82, 2.24) is 24.7 Å². The van der Waals surface area contributed by atoms with Crippen LogP contribution in [0, 0.1) is 5.92 Å². The minimum Gasteiger partial charge on any atom is -0.357 e. The van der Waals surface area contributed by atoms with Crippen molar-refractivity contribution in [3.05, 3.63) is 18.7 Å². The normalized spacial score (nSPS) is 20.8. The number of likely N-dealkylation sites (tertiary alicyclic amines) is 1. The fourth-order valence-electron chi connectivity index (χ4n) is 3.00. The Morgan fingerprint density at radius 2 is 2.20 bits per heavy atom. The van der Waals surface area contributed by atoms with E-state index in [9.17, 15) is 4.79 Å². The summed E-state index contributed by atoms with van der Waals surface area (Å²) in [6, 6.07) is 0.397. The van der Waals surface area contributed by atoms with E-state index in [0.29, 0.717) is 24.9 Å². The summed E-state index contributed by atoms with van der Waals surface area (Å²) in [6.07, 6.45) is 7.31. The van der Waals surface area contributed by atoms with Gasteiger partial charge in [-0.3, -0.25) is 9.79 Å². The summed E-state index contributed by atoms with van der Waals surface area (Å²) in [7, 11) is 3.55. The van der Waals surface area contributed by atoms with Gasteiger partial charge in [-0.05, 0) is 19.3 Å². The predicted octanol–water partition coefficient (Wildman–Crippen LogP) is 1.83. The van der Waals surface area contributed by atoms with Gasteiger partial charge in [0.1, 0.15) is 0 Å². The van der Waals surface area contributed by atoms with E-state index in [-0.39, 0.29) is 29.9 Å². The largest absolute Gasteiger partial charge is 0.357 e. The van der Waals surface area contributed by atoms with Gasteiger partial charge in [0.2, 0.25) is 5.91 Å². The zero-order valence-electron chi connectivity index (χ0n) is 15.7. The molecule has 1 fully saturated rings. The van der Waals surface area contributed by atoms with Crippen molar-refractivity contribution in [2.75, 3.05) is 40.3 Å². The van der Waals surface area contributed by atoms with Crippen LogP contribution in [0.4, 0.5) is 0 Å². The Hall–Kier alpha value is -1.32. The molecule has 142 valence electrons. The molecule has 7 nitrogen and oxygen atoms in total. The molecule has 0 aliphatic carbocycles. The van der Waals surface area contributed by atoms with Gasteiger partial charge < -0.3 is 19.7 Å². The molecule has 1 amide bonds. The lowest BCUT2D eigenvalue weighted by Crippen LogP contribution is -2.49. The molecule has 1 aromatic rings. The quantitative estimate of drug-likeness (QED) is 0.412. The Balaban J connectivity index is 0.00000312. The first-order chi connectivity index (χ1) is 11.5. The number of halogens is 1. The number of piperidine rings is 1. The van der Waals surface area contributed by atoms with E-state index >= 15 is 0 Å². The highest BCUT2D eigenvalue weighted by Gasteiger charge is 2.28. The molecule has 2 rings (SSSR count). The van der Waals surface area contributed by atoms with Crippen LogP contribution >= 0.6 is 24.0 Å². The Morgan fingerprint density at radius 1 is 1.44 bits per heavy atom. The molecule has 1 N–H and O–H groups in total. The number of amides is 1. The van der Waals surface area contributed by atoms with Crippen LogP contribution in [0.3, 0.4) is 0 Å². The van der Waals surface area contributed by atoms with E-state index in [2.05, 4.69) is 38.6 Å². The first-order valence-corrected chi connectivity index (χ1v) is 8.73. The topological polar surface area (TPSA) is 65.8 Å². The number of imidazole rings is 1. The predicted molar refractivity (Wildman–Crippen MR) is 111 cm³/mol. The lowest BCUT2D eigenvalue weighted by atomic mass is 9.93. The molecule has 2 atom stereocenters. The fraction of sp³-hybridized carbons (Fsp3) is 0.706. The van der Waals surface area contributed by atoms with Crippen LogP contribution in [-0.4, -0.2) is 71.5 Å². The molecule has 1 aliphatic rings. The second-order valence-electron chi connectivity index (χ2n) is 6.56. The molecule has 2 unspecified atom stereocenters. The molecule has 0 saturated carbocycles. The molecule has 1 aromatic heterocycles. The number of aliphatic imine (C=N–C) groups is 1. The molecule has 0 radical (unpaired) electrons. The van der Waals surface area contributed by atoms with Crippen molar-refractivity contribution in [2.45, 2.75) is 32.7 Å². The standard InChI is InChI=1S/C17H30N6O.HI/c1-5-19-17(20-8-6-16(24)21(3)4)22-10-7-14(2)15(12-22)23-11-9-18-13-23;/h9,11,13-15H,5-8,10,12H2,1-4H3,(H,19,20);1H. The Kier molecular flexibility index (Phi) is 9.23. The average Bonchev–Trinajstić information content (AvgIpc) is 3.08. The summed E-state index contributed by atoms with van der Waals surface area (Å²) >= 11 is 0. The Bertz CT molecular complexity index is 545. The lowest BCUT2D eigenvalue weighted by Gasteiger charge is -2.39. The van der Waals surface area contributed by atoms with Gasteiger partial charge in [-0.2, -0.15) is 0 Å². The van der Waals surface area contributed by atoms with Gasteiger partial charge in [0.25, 0.3) is 0 Å². The summed E-state index contributed by atoms with van der Waals surface area (Å²) in [5.41, 5.74) is 0. The molecule has 8 heteroatoms. The van der Waals surface area contributed by atoms with Gasteiger partial charge >= 0.3 is 0 Å². The van der Waals surface area contributed by atoms with E-state index in [1.54, 1.807) is 19.0 Å². The number of carbonyl (C=O) groups excluding carboxylic acids is 1. The third-order valence-electron chi connectivity index (χ3n) is 4.55. The molecular formula is C17H31IN6O. The highest BCUT2D eigenvalue weighted by atomic mass is 127. The van der Waals surface area contributed by atoms with E-state index < -0.39 is 0 Å². The van der Waals surface area contributed by atoms with Crippen LogP contribution in [0.2, 0.25) is 0 Å². The maximum absolute atomic E-state index is 11.7. The van der Waals surface area contributed by atoms with Gasteiger partial charge in [-0.25, -0.2) is 4.98 Å². The molecule has 0 spiro atoms. The van der Waals surface area contributed by atoms with Crippen molar-refractivity contribution >= 4 is 35.8 Å². The van der Waals surface area contributed by atoms with Crippen LogP contribution in [-0.2, 0) is 4.79 Å². The lowest BCUT2D eigenvalue weighted by molar-refractivity contribution is -0.128. The maximum Gasteiger partial charge on any atom is 0.223 e. The third-order valence-corrected chi connectivity index (χ3v) is 4.55. The summed E-state index contributed by atoms with van der Waals surface area (Å²) < 4.78 is 2.19. The molecule has 0 aromatic carbocycles. The van der Waals surface area contributed by atoms with Crippen LogP contribution in [0.25, 0.3) is 0 Å². The fourth-order valence-corrected chi connectivity index (χ4v) is 3.00. The van der Waals surface area contributed by atoms with E-state index in [4.69, 9.17) is 0 Å². The number of hydrogen-bond donors (Lipinski definition) is 1. The monoisotopic (exact) mass is 462 g/mol. The number of rotatable bonds is 5. The van der Waals surface area contributed by atoms with Crippen LogP contribution in [0.1, 0.15) is 32.7 Å². The number of nitrogens with one attached hydrogen (secondary N) is 1. The number of guanidine groups is 1. The minimum absolute atomic E-state index is 0. The molecular weight excluding hydrogens is 431 g/mol. The number of hydrogen-bond acceptors (Lipinski definition) is 3. The van der Waals surface area contributed by atoms with Gasteiger partial charge in [-0.1, -0.05) is 6.92 Å². The van der Waals surface area contributed by atoms with Gasteiger partial charge in [0.05, 0.1) is 18.9 Å².